The maximum atomic E-state index is 5.76. The Hall–Kier alpha value is -1.59. The van der Waals surface area contributed by atoms with Crippen LogP contribution in [-0.2, 0) is 11.3 Å². The van der Waals surface area contributed by atoms with E-state index in [4.69, 9.17) is 9.47 Å². The van der Waals surface area contributed by atoms with Crippen LogP contribution in [0, 0.1) is 0 Å². The Labute approximate surface area is 135 Å². The lowest BCUT2D eigenvalue weighted by Crippen LogP contribution is -2.04. The normalized spacial score (nSPS) is 17.6. The number of thiazole rings is 1. The number of rotatable bonds is 7. The molecule has 1 N–H and O–H groups in total. The summed E-state index contributed by atoms with van der Waals surface area (Å²) in [4.78, 5) is 4.69. The molecule has 3 rings (SSSR count). The van der Waals surface area contributed by atoms with Crippen LogP contribution in [0.3, 0.4) is 0 Å². The fourth-order valence-electron chi connectivity index (χ4n) is 2.46. The molecular formula is C17H22N2O2S. The third kappa shape index (κ3) is 3.78. The van der Waals surface area contributed by atoms with Crippen LogP contribution in [0.15, 0.2) is 29.6 Å². The van der Waals surface area contributed by atoms with Crippen LogP contribution in [0.25, 0.3) is 0 Å². The van der Waals surface area contributed by atoms with Gasteiger partial charge in [0, 0.05) is 12.0 Å². The van der Waals surface area contributed by atoms with Crippen molar-refractivity contribution in [3.8, 4) is 5.75 Å². The predicted octanol–water partition coefficient (Wildman–Crippen LogP) is 4.40. The number of aromatic nitrogens is 1. The minimum atomic E-state index is 0.207. The van der Waals surface area contributed by atoms with E-state index < -0.39 is 0 Å². The second kappa shape index (κ2) is 7.61. The lowest BCUT2D eigenvalue weighted by Gasteiger charge is -2.12. The smallest absolute Gasteiger partial charge is 0.142 e. The molecule has 4 nitrogen and oxygen atoms in total. The molecule has 1 aromatic heterocycles. The zero-order chi connectivity index (χ0) is 15.2. The van der Waals surface area contributed by atoms with Crippen molar-refractivity contribution in [1.29, 1.82) is 0 Å². The van der Waals surface area contributed by atoms with Gasteiger partial charge in [-0.2, -0.15) is 0 Å². The van der Waals surface area contributed by atoms with Crippen LogP contribution in [0.4, 0.5) is 5.69 Å². The average molecular weight is 318 g/mol. The zero-order valence-corrected chi connectivity index (χ0v) is 13.7. The van der Waals surface area contributed by atoms with Gasteiger partial charge in [-0.05, 0) is 31.4 Å². The van der Waals surface area contributed by atoms with Crippen molar-refractivity contribution < 1.29 is 9.47 Å². The van der Waals surface area contributed by atoms with Crippen molar-refractivity contribution in [1.82, 2.24) is 4.98 Å². The standard InChI is InChI=1S/C17H22N2O2S/c1-2-9-20-15-7-4-3-6-14(15)18-11-13-12-22-17(19-13)16-8-5-10-21-16/h3-4,6-7,12,16,18H,2,5,8-11H2,1H3. The van der Waals surface area contributed by atoms with Gasteiger partial charge in [-0.25, -0.2) is 4.98 Å². The first-order valence-electron chi connectivity index (χ1n) is 7.88. The molecule has 0 amide bonds. The van der Waals surface area contributed by atoms with E-state index in [-0.39, 0.29) is 6.10 Å². The lowest BCUT2D eigenvalue weighted by molar-refractivity contribution is 0.111. The summed E-state index contributed by atoms with van der Waals surface area (Å²) in [6.07, 6.45) is 3.44. The van der Waals surface area contributed by atoms with Gasteiger partial charge in [-0.15, -0.1) is 11.3 Å². The van der Waals surface area contributed by atoms with Crippen LogP contribution in [0.2, 0.25) is 0 Å². The average Bonchev–Trinajstić information content (AvgIpc) is 3.22. The summed E-state index contributed by atoms with van der Waals surface area (Å²) in [5.74, 6) is 0.902. The van der Waals surface area contributed by atoms with E-state index in [0.717, 1.165) is 54.6 Å². The van der Waals surface area contributed by atoms with E-state index in [1.54, 1.807) is 11.3 Å². The molecule has 0 aliphatic carbocycles. The molecule has 0 bridgehead atoms. The molecule has 0 saturated carbocycles. The molecule has 1 saturated heterocycles. The summed E-state index contributed by atoms with van der Waals surface area (Å²) < 4.78 is 11.4. The lowest BCUT2D eigenvalue weighted by atomic mass is 10.2. The zero-order valence-electron chi connectivity index (χ0n) is 12.9. The van der Waals surface area contributed by atoms with Gasteiger partial charge in [0.1, 0.15) is 16.9 Å². The third-order valence-electron chi connectivity index (χ3n) is 3.58. The van der Waals surface area contributed by atoms with Crippen LogP contribution in [0.1, 0.15) is 43.0 Å². The highest BCUT2D eigenvalue weighted by Crippen LogP contribution is 2.31. The molecule has 1 aromatic carbocycles. The van der Waals surface area contributed by atoms with Gasteiger partial charge in [0.2, 0.25) is 0 Å². The Bertz CT molecular complexity index is 594. The van der Waals surface area contributed by atoms with E-state index in [0.29, 0.717) is 6.54 Å². The van der Waals surface area contributed by atoms with Gasteiger partial charge in [-0.1, -0.05) is 19.1 Å². The van der Waals surface area contributed by atoms with Crippen LogP contribution in [-0.4, -0.2) is 18.2 Å². The van der Waals surface area contributed by atoms with Gasteiger partial charge in [0.15, 0.2) is 0 Å². The monoisotopic (exact) mass is 318 g/mol. The highest BCUT2D eigenvalue weighted by atomic mass is 32.1. The molecule has 0 radical (unpaired) electrons. The van der Waals surface area contributed by atoms with Crippen LogP contribution in [0.5, 0.6) is 5.75 Å². The highest BCUT2D eigenvalue weighted by Gasteiger charge is 2.20. The first kappa shape index (κ1) is 15.3. The molecule has 2 aromatic rings. The topological polar surface area (TPSA) is 43.4 Å². The molecule has 1 fully saturated rings. The van der Waals surface area contributed by atoms with Crippen molar-refractivity contribution in [3.63, 3.8) is 0 Å². The maximum absolute atomic E-state index is 5.76. The Kier molecular flexibility index (Phi) is 5.29. The summed E-state index contributed by atoms with van der Waals surface area (Å²) in [6, 6.07) is 8.05. The van der Waals surface area contributed by atoms with Gasteiger partial charge < -0.3 is 14.8 Å². The van der Waals surface area contributed by atoms with Crippen molar-refractivity contribution in [2.45, 2.75) is 38.8 Å². The van der Waals surface area contributed by atoms with Gasteiger partial charge in [0.05, 0.1) is 24.5 Å². The molecule has 1 unspecified atom stereocenters. The van der Waals surface area contributed by atoms with Crippen molar-refractivity contribution in [2.24, 2.45) is 0 Å². The Morgan fingerprint density at radius 2 is 2.32 bits per heavy atom. The van der Waals surface area contributed by atoms with E-state index in [9.17, 15) is 0 Å². The molecule has 5 heteroatoms. The molecule has 0 spiro atoms. The second-order valence-electron chi connectivity index (χ2n) is 5.38. The number of nitrogens with one attached hydrogen (secondary N) is 1. The number of hydrogen-bond acceptors (Lipinski definition) is 5. The molecule has 1 aliphatic rings. The van der Waals surface area contributed by atoms with E-state index in [1.807, 2.05) is 24.3 Å². The van der Waals surface area contributed by atoms with Crippen LogP contribution < -0.4 is 10.1 Å². The maximum Gasteiger partial charge on any atom is 0.142 e. The summed E-state index contributed by atoms with van der Waals surface area (Å²) in [5.41, 5.74) is 2.07. The Morgan fingerprint density at radius 1 is 1.41 bits per heavy atom. The molecule has 1 atom stereocenters. The molecule has 118 valence electrons. The summed E-state index contributed by atoms with van der Waals surface area (Å²) >= 11 is 1.69. The highest BCUT2D eigenvalue weighted by molar-refractivity contribution is 7.09. The minimum Gasteiger partial charge on any atom is -0.491 e. The van der Waals surface area contributed by atoms with E-state index in [1.165, 1.54) is 0 Å². The fraction of sp³-hybridized carbons (Fsp3) is 0.471. The number of anilines is 1. The quantitative estimate of drug-likeness (QED) is 0.822. The fourth-order valence-corrected chi connectivity index (χ4v) is 3.36. The molecule has 2 heterocycles. The van der Waals surface area contributed by atoms with Gasteiger partial charge >= 0.3 is 0 Å². The second-order valence-corrected chi connectivity index (χ2v) is 6.27. The minimum absolute atomic E-state index is 0.207. The van der Waals surface area contributed by atoms with E-state index >= 15 is 0 Å². The molecule has 1 aliphatic heterocycles. The van der Waals surface area contributed by atoms with Gasteiger partial charge in [-0.3, -0.25) is 0 Å². The number of hydrogen-bond donors (Lipinski definition) is 1. The summed E-state index contributed by atoms with van der Waals surface area (Å²) in [6.45, 7) is 4.41. The largest absolute Gasteiger partial charge is 0.491 e. The first-order valence-corrected chi connectivity index (χ1v) is 8.76. The van der Waals surface area contributed by atoms with Crippen molar-refractivity contribution in [3.05, 3.63) is 40.3 Å². The third-order valence-corrected chi connectivity index (χ3v) is 4.57. The first-order chi connectivity index (χ1) is 10.9. The molecular weight excluding hydrogens is 296 g/mol. The van der Waals surface area contributed by atoms with Crippen LogP contribution >= 0.6 is 11.3 Å². The van der Waals surface area contributed by atoms with E-state index in [2.05, 4.69) is 22.6 Å². The Balaban J connectivity index is 1.60. The number of benzene rings is 1. The number of ether oxygens (including phenoxy) is 2. The Morgan fingerprint density at radius 3 is 3.14 bits per heavy atom. The van der Waals surface area contributed by atoms with Gasteiger partial charge in [0.25, 0.3) is 0 Å². The molecule has 22 heavy (non-hydrogen) atoms. The van der Waals surface area contributed by atoms with Crippen molar-refractivity contribution in [2.75, 3.05) is 18.5 Å². The number of nitrogens with zero attached hydrogens (tertiary/aromatic N) is 1. The predicted molar refractivity (Wildman–Crippen MR) is 89.6 cm³/mol. The number of para-hydroxylation sites is 2. The summed E-state index contributed by atoms with van der Waals surface area (Å²) in [5, 5.41) is 6.63. The van der Waals surface area contributed by atoms with Crippen molar-refractivity contribution >= 4 is 17.0 Å². The SMILES string of the molecule is CCCOc1ccccc1NCc1csc(C2CCCO2)n1. The summed E-state index contributed by atoms with van der Waals surface area (Å²) in [7, 11) is 0.